The predicted octanol–water partition coefficient (Wildman–Crippen LogP) is 3.15. The minimum atomic E-state index is 0.157. The van der Waals surface area contributed by atoms with Crippen molar-refractivity contribution in [3.63, 3.8) is 0 Å². The molecule has 16 heavy (non-hydrogen) atoms. The first-order chi connectivity index (χ1) is 7.79. The van der Waals surface area contributed by atoms with Gasteiger partial charge in [0.2, 0.25) is 0 Å². The first kappa shape index (κ1) is 9.61. The molecule has 3 rings (SSSR count). The van der Waals surface area contributed by atoms with Crippen LogP contribution < -0.4 is 5.73 Å². The van der Waals surface area contributed by atoms with E-state index in [-0.39, 0.29) is 6.04 Å². The minimum absolute atomic E-state index is 0.157. The van der Waals surface area contributed by atoms with Crippen LogP contribution in [0.3, 0.4) is 0 Å². The van der Waals surface area contributed by atoms with Gasteiger partial charge in [-0.3, -0.25) is 0 Å². The Bertz CT molecular complexity index is 483. The Balaban J connectivity index is 2.30. The second-order valence-electron chi connectivity index (χ2n) is 4.51. The molecule has 0 spiro atoms. The van der Waals surface area contributed by atoms with E-state index in [1.165, 1.54) is 22.3 Å². The number of hydrogen-bond donors (Lipinski definition) is 1. The summed E-state index contributed by atoms with van der Waals surface area (Å²) >= 11 is 0. The average molecular weight is 209 g/mol. The lowest BCUT2D eigenvalue weighted by atomic mass is 9.91. The molecule has 0 aromatic heterocycles. The van der Waals surface area contributed by atoms with Gasteiger partial charge in [-0.05, 0) is 29.2 Å². The lowest BCUT2D eigenvalue weighted by Gasteiger charge is -2.17. The largest absolute Gasteiger partial charge is 0.327 e. The van der Waals surface area contributed by atoms with Crippen molar-refractivity contribution in [1.82, 2.24) is 0 Å². The summed E-state index contributed by atoms with van der Waals surface area (Å²) in [6.45, 7) is 2.09. The molecule has 2 N–H and O–H groups in total. The summed E-state index contributed by atoms with van der Waals surface area (Å²) in [6, 6.07) is 17.3. The molecule has 1 aliphatic carbocycles. The normalized spacial score (nSPS) is 15.6. The zero-order valence-corrected chi connectivity index (χ0v) is 9.35. The standard InChI is InChI=1S/C15H15N/c1-10(16)15-13-8-4-2-6-11(13)12-7-3-5-9-14(12)15/h2-10,15H,16H2,1H3/t10-/m0/s1. The van der Waals surface area contributed by atoms with Gasteiger partial charge in [0.25, 0.3) is 0 Å². The summed E-state index contributed by atoms with van der Waals surface area (Å²) in [7, 11) is 0. The van der Waals surface area contributed by atoms with Gasteiger partial charge in [-0.15, -0.1) is 0 Å². The number of benzene rings is 2. The Kier molecular flexibility index (Phi) is 2.08. The van der Waals surface area contributed by atoms with E-state index in [4.69, 9.17) is 5.73 Å². The molecule has 80 valence electrons. The van der Waals surface area contributed by atoms with Crippen LogP contribution in [0.2, 0.25) is 0 Å². The topological polar surface area (TPSA) is 26.0 Å². The number of nitrogens with two attached hydrogens (primary N) is 1. The molecule has 0 aliphatic heterocycles. The molecule has 1 aliphatic rings. The summed E-state index contributed by atoms with van der Waals surface area (Å²) in [5.74, 6) is 0.354. The van der Waals surface area contributed by atoms with E-state index < -0.39 is 0 Å². The summed E-state index contributed by atoms with van der Waals surface area (Å²) in [6.07, 6.45) is 0. The van der Waals surface area contributed by atoms with Gasteiger partial charge in [-0.1, -0.05) is 48.5 Å². The maximum atomic E-state index is 6.13. The van der Waals surface area contributed by atoms with Crippen LogP contribution in [-0.4, -0.2) is 6.04 Å². The maximum absolute atomic E-state index is 6.13. The predicted molar refractivity (Wildman–Crippen MR) is 67.4 cm³/mol. The highest BCUT2D eigenvalue weighted by atomic mass is 14.6. The number of hydrogen-bond acceptors (Lipinski definition) is 1. The molecule has 2 aromatic rings. The van der Waals surface area contributed by atoms with Gasteiger partial charge in [0, 0.05) is 12.0 Å². The van der Waals surface area contributed by atoms with Gasteiger partial charge in [-0.2, -0.15) is 0 Å². The van der Waals surface area contributed by atoms with E-state index in [9.17, 15) is 0 Å². The van der Waals surface area contributed by atoms with Crippen LogP contribution in [0.25, 0.3) is 11.1 Å². The van der Waals surface area contributed by atoms with Crippen molar-refractivity contribution >= 4 is 0 Å². The summed E-state index contributed by atoms with van der Waals surface area (Å²) in [5, 5.41) is 0. The third-order valence-electron chi connectivity index (χ3n) is 3.41. The first-order valence-electron chi connectivity index (χ1n) is 5.73. The summed E-state index contributed by atoms with van der Waals surface area (Å²) in [5.41, 5.74) is 11.6. The van der Waals surface area contributed by atoms with Crippen LogP contribution in [0.4, 0.5) is 0 Å². The van der Waals surface area contributed by atoms with Crippen LogP contribution in [0.15, 0.2) is 48.5 Å². The van der Waals surface area contributed by atoms with Gasteiger partial charge >= 0.3 is 0 Å². The fraction of sp³-hybridized carbons (Fsp3) is 0.200. The quantitative estimate of drug-likeness (QED) is 0.767. The van der Waals surface area contributed by atoms with Crippen molar-refractivity contribution in [2.75, 3.05) is 0 Å². The molecule has 1 nitrogen and oxygen atoms in total. The molecule has 0 saturated carbocycles. The zero-order chi connectivity index (χ0) is 11.1. The zero-order valence-electron chi connectivity index (χ0n) is 9.35. The monoisotopic (exact) mass is 209 g/mol. The Labute approximate surface area is 95.9 Å². The van der Waals surface area contributed by atoms with Crippen molar-refractivity contribution in [3.05, 3.63) is 59.7 Å². The Hall–Kier alpha value is -1.60. The minimum Gasteiger partial charge on any atom is -0.327 e. The van der Waals surface area contributed by atoms with Gasteiger partial charge in [-0.25, -0.2) is 0 Å². The van der Waals surface area contributed by atoms with Crippen LogP contribution in [0.5, 0.6) is 0 Å². The summed E-state index contributed by atoms with van der Waals surface area (Å²) < 4.78 is 0. The van der Waals surface area contributed by atoms with Crippen molar-refractivity contribution in [1.29, 1.82) is 0 Å². The second kappa shape index (κ2) is 3.46. The van der Waals surface area contributed by atoms with Gasteiger partial charge in [0.15, 0.2) is 0 Å². The van der Waals surface area contributed by atoms with E-state index in [0.29, 0.717) is 5.92 Å². The lowest BCUT2D eigenvalue weighted by Crippen LogP contribution is -2.24. The Morgan fingerprint density at radius 2 is 1.31 bits per heavy atom. The molecule has 1 heteroatoms. The highest BCUT2D eigenvalue weighted by Gasteiger charge is 2.29. The van der Waals surface area contributed by atoms with E-state index in [1.807, 2.05) is 0 Å². The van der Waals surface area contributed by atoms with Crippen molar-refractivity contribution in [2.24, 2.45) is 5.73 Å². The van der Waals surface area contributed by atoms with E-state index in [1.54, 1.807) is 0 Å². The molecule has 0 saturated heterocycles. The molecule has 0 amide bonds. The average Bonchev–Trinajstić information content (AvgIpc) is 2.63. The molecule has 2 aromatic carbocycles. The SMILES string of the molecule is C[C@H](N)C1c2ccccc2-c2ccccc21. The van der Waals surface area contributed by atoms with Crippen LogP contribution >= 0.6 is 0 Å². The molecular weight excluding hydrogens is 194 g/mol. The molecule has 0 radical (unpaired) electrons. The van der Waals surface area contributed by atoms with Gasteiger partial charge in [0.1, 0.15) is 0 Å². The smallest absolute Gasteiger partial charge is 0.0250 e. The molecule has 0 bridgehead atoms. The van der Waals surface area contributed by atoms with Crippen LogP contribution in [-0.2, 0) is 0 Å². The molecule has 0 heterocycles. The van der Waals surface area contributed by atoms with Crippen molar-refractivity contribution < 1.29 is 0 Å². The number of rotatable bonds is 1. The van der Waals surface area contributed by atoms with Crippen LogP contribution in [0.1, 0.15) is 24.0 Å². The number of fused-ring (bicyclic) bond motifs is 3. The van der Waals surface area contributed by atoms with E-state index in [0.717, 1.165) is 0 Å². The first-order valence-corrected chi connectivity index (χ1v) is 5.73. The fourth-order valence-corrected chi connectivity index (χ4v) is 2.76. The molecule has 0 fully saturated rings. The Morgan fingerprint density at radius 1 is 0.875 bits per heavy atom. The third kappa shape index (κ3) is 1.22. The second-order valence-corrected chi connectivity index (χ2v) is 4.51. The van der Waals surface area contributed by atoms with Gasteiger partial charge < -0.3 is 5.73 Å². The molecule has 1 atom stereocenters. The maximum Gasteiger partial charge on any atom is 0.0250 e. The highest BCUT2D eigenvalue weighted by Crippen LogP contribution is 2.45. The van der Waals surface area contributed by atoms with Crippen molar-refractivity contribution in [3.8, 4) is 11.1 Å². The summed E-state index contributed by atoms with van der Waals surface area (Å²) in [4.78, 5) is 0. The van der Waals surface area contributed by atoms with Crippen molar-refractivity contribution in [2.45, 2.75) is 18.9 Å². The van der Waals surface area contributed by atoms with Crippen LogP contribution in [0, 0.1) is 0 Å². The van der Waals surface area contributed by atoms with E-state index >= 15 is 0 Å². The molecular formula is C15H15N. The molecule has 0 unspecified atom stereocenters. The lowest BCUT2D eigenvalue weighted by molar-refractivity contribution is 0.656. The van der Waals surface area contributed by atoms with Gasteiger partial charge in [0.05, 0.1) is 0 Å². The highest BCUT2D eigenvalue weighted by molar-refractivity contribution is 5.79. The Morgan fingerprint density at radius 3 is 1.75 bits per heavy atom. The van der Waals surface area contributed by atoms with E-state index in [2.05, 4.69) is 55.5 Å². The third-order valence-corrected chi connectivity index (χ3v) is 3.41. The fourth-order valence-electron chi connectivity index (χ4n) is 2.76.